The smallest absolute Gasteiger partial charge is 0.224 e. The van der Waals surface area contributed by atoms with Gasteiger partial charge < -0.3 is 10.1 Å². The molecule has 0 aromatic heterocycles. The first-order valence-corrected chi connectivity index (χ1v) is 9.55. The van der Waals surface area contributed by atoms with Crippen molar-refractivity contribution in [3.05, 3.63) is 54.9 Å². The van der Waals surface area contributed by atoms with E-state index in [9.17, 15) is 4.79 Å². The van der Waals surface area contributed by atoms with E-state index in [2.05, 4.69) is 21.2 Å². The molecule has 2 aromatic rings. The molecule has 0 bridgehead atoms. The normalized spacial score (nSPS) is 10.6. The first-order chi connectivity index (χ1) is 11.8. The Morgan fingerprint density at radius 1 is 1.16 bits per heavy atom. The zero-order chi connectivity index (χ0) is 18.6. The Labute approximate surface area is 170 Å². The van der Waals surface area contributed by atoms with Crippen LogP contribution in [0.15, 0.2) is 28.7 Å². The zero-order valence-corrected chi connectivity index (χ0v) is 17.6. The minimum Gasteiger partial charge on any atom is -0.492 e. The fraction of sp³-hybridized carbons (Fsp3) is 0.278. The highest BCUT2D eigenvalue weighted by Gasteiger charge is 2.11. The molecule has 1 amide bonds. The second-order valence-corrected chi connectivity index (χ2v) is 7.56. The number of aryl methyl sites for hydroxylation is 1. The third kappa shape index (κ3) is 5.52. The number of rotatable bonds is 6. The zero-order valence-electron chi connectivity index (χ0n) is 13.8. The van der Waals surface area contributed by atoms with Crippen LogP contribution in [0.2, 0.25) is 15.1 Å². The number of ether oxygens (including phenoxy) is 1. The van der Waals surface area contributed by atoms with Crippen molar-refractivity contribution >= 4 is 62.3 Å². The average molecular weight is 466 g/mol. The minimum atomic E-state index is -0.107. The van der Waals surface area contributed by atoms with Crippen LogP contribution in [0.3, 0.4) is 0 Å². The van der Waals surface area contributed by atoms with Crippen molar-refractivity contribution < 1.29 is 9.53 Å². The van der Waals surface area contributed by atoms with Gasteiger partial charge in [0.25, 0.3) is 0 Å². The van der Waals surface area contributed by atoms with Crippen molar-refractivity contribution in [3.63, 3.8) is 0 Å². The van der Waals surface area contributed by atoms with Gasteiger partial charge in [0.15, 0.2) is 0 Å². The SMILES string of the molecule is Cc1cc(OCCCC(=O)Nc2ccc(Cl)c(Cl)c2)c(Br)c(C)c1Cl. The summed E-state index contributed by atoms with van der Waals surface area (Å²) in [6, 6.07) is 6.86. The molecular weight excluding hydrogens is 448 g/mol. The van der Waals surface area contributed by atoms with Crippen LogP contribution in [0, 0.1) is 13.8 Å². The van der Waals surface area contributed by atoms with Crippen molar-refractivity contribution in [1.82, 2.24) is 0 Å². The lowest BCUT2D eigenvalue weighted by atomic mass is 10.1. The van der Waals surface area contributed by atoms with E-state index in [-0.39, 0.29) is 5.91 Å². The lowest BCUT2D eigenvalue weighted by Gasteiger charge is -2.13. The van der Waals surface area contributed by atoms with Gasteiger partial charge in [-0.05, 0) is 71.6 Å². The van der Waals surface area contributed by atoms with Gasteiger partial charge in [-0.25, -0.2) is 0 Å². The van der Waals surface area contributed by atoms with Crippen LogP contribution in [-0.2, 0) is 4.79 Å². The van der Waals surface area contributed by atoms with Gasteiger partial charge in [0.05, 0.1) is 21.1 Å². The molecule has 0 atom stereocenters. The summed E-state index contributed by atoms with van der Waals surface area (Å²) in [6.45, 7) is 4.28. The standard InChI is InChI=1S/C18H17BrCl3NO2/c1-10-8-15(17(19)11(2)18(10)22)25-7-3-4-16(24)23-12-5-6-13(20)14(21)9-12/h5-6,8-9H,3-4,7H2,1-2H3,(H,23,24). The topological polar surface area (TPSA) is 38.3 Å². The van der Waals surface area contributed by atoms with E-state index in [1.807, 2.05) is 19.9 Å². The molecule has 7 heteroatoms. The van der Waals surface area contributed by atoms with E-state index >= 15 is 0 Å². The fourth-order valence-corrected chi connectivity index (χ4v) is 3.21. The number of amides is 1. The largest absolute Gasteiger partial charge is 0.492 e. The molecule has 2 rings (SSSR count). The molecule has 0 heterocycles. The maximum Gasteiger partial charge on any atom is 0.224 e. The summed E-state index contributed by atoms with van der Waals surface area (Å²) in [4.78, 5) is 12.0. The lowest BCUT2D eigenvalue weighted by molar-refractivity contribution is -0.116. The highest BCUT2D eigenvalue weighted by molar-refractivity contribution is 9.10. The number of hydrogen-bond donors (Lipinski definition) is 1. The van der Waals surface area contributed by atoms with Crippen LogP contribution in [0.25, 0.3) is 0 Å². The Morgan fingerprint density at radius 2 is 1.88 bits per heavy atom. The second-order valence-electron chi connectivity index (χ2n) is 5.57. The van der Waals surface area contributed by atoms with Crippen LogP contribution in [0.1, 0.15) is 24.0 Å². The van der Waals surface area contributed by atoms with Gasteiger partial charge in [-0.1, -0.05) is 34.8 Å². The van der Waals surface area contributed by atoms with E-state index in [0.29, 0.717) is 35.2 Å². The summed E-state index contributed by atoms with van der Waals surface area (Å²) in [5, 5.41) is 4.36. The lowest BCUT2D eigenvalue weighted by Crippen LogP contribution is -2.13. The monoisotopic (exact) mass is 463 g/mol. The van der Waals surface area contributed by atoms with Crippen LogP contribution < -0.4 is 10.1 Å². The number of nitrogens with one attached hydrogen (secondary N) is 1. The maximum atomic E-state index is 12.0. The Hall–Kier alpha value is -0.940. The maximum absolute atomic E-state index is 12.0. The van der Waals surface area contributed by atoms with Crippen molar-refractivity contribution in [2.75, 3.05) is 11.9 Å². The van der Waals surface area contributed by atoms with Crippen molar-refractivity contribution in [2.45, 2.75) is 26.7 Å². The summed E-state index contributed by atoms with van der Waals surface area (Å²) in [5.74, 6) is 0.619. The van der Waals surface area contributed by atoms with E-state index in [1.165, 1.54) is 0 Å². The summed E-state index contributed by atoms with van der Waals surface area (Å²) < 4.78 is 6.60. The molecule has 0 aliphatic rings. The van der Waals surface area contributed by atoms with Gasteiger partial charge in [0, 0.05) is 17.1 Å². The Morgan fingerprint density at radius 3 is 2.56 bits per heavy atom. The molecule has 25 heavy (non-hydrogen) atoms. The quantitative estimate of drug-likeness (QED) is 0.475. The van der Waals surface area contributed by atoms with Crippen LogP contribution in [0.5, 0.6) is 5.75 Å². The number of anilines is 1. The summed E-state index contributed by atoms with van der Waals surface area (Å²) >= 11 is 21.5. The molecule has 0 radical (unpaired) electrons. The molecular formula is C18H17BrCl3NO2. The molecule has 134 valence electrons. The van der Waals surface area contributed by atoms with Crippen molar-refractivity contribution in [1.29, 1.82) is 0 Å². The molecule has 0 saturated heterocycles. The molecule has 0 saturated carbocycles. The van der Waals surface area contributed by atoms with Crippen LogP contribution >= 0.6 is 50.7 Å². The number of benzene rings is 2. The highest BCUT2D eigenvalue weighted by atomic mass is 79.9. The van der Waals surface area contributed by atoms with E-state index < -0.39 is 0 Å². The summed E-state index contributed by atoms with van der Waals surface area (Å²) in [5.41, 5.74) is 2.51. The average Bonchev–Trinajstić information content (AvgIpc) is 2.57. The molecule has 1 N–H and O–H groups in total. The fourth-order valence-electron chi connectivity index (χ4n) is 2.22. The van der Waals surface area contributed by atoms with Gasteiger partial charge >= 0.3 is 0 Å². The van der Waals surface area contributed by atoms with Gasteiger partial charge in [-0.15, -0.1) is 0 Å². The number of hydrogen-bond acceptors (Lipinski definition) is 2. The van der Waals surface area contributed by atoms with Gasteiger partial charge in [0.2, 0.25) is 5.91 Å². The van der Waals surface area contributed by atoms with E-state index in [0.717, 1.165) is 26.4 Å². The van der Waals surface area contributed by atoms with Crippen molar-refractivity contribution in [3.8, 4) is 5.75 Å². The first-order valence-electron chi connectivity index (χ1n) is 7.62. The van der Waals surface area contributed by atoms with E-state index in [4.69, 9.17) is 39.5 Å². The number of carbonyl (C=O) groups is 1. The van der Waals surface area contributed by atoms with Gasteiger partial charge in [0.1, 0.15) is 5.75 Å². The highest BCUT2D eigenvalue weighted by Crippen LogP contribution is 2.35. The molecule has 2 aromatic carbocycles. The predicted molar refractivity (Wildman–Crippen MR) is 108 cm³/mol. The van der Waals surface area contributed by atoms with Crippen molar-refractivity contribution in [2.24, 2.45) is 0 Å². The third-order valence-corrected chi connectivity index (χ3v) is 5.88. The third-order valence-electron chi connectivity index (χ3n) is 3.58. The number of carbonyl (C=O) groups excluding carboxylic acids is 1. The predicted octanol–water partition coefficient (Wildman–Crippen LogP) is 6.82. The Bertz CT molecular complexity index is 796. The first kappa shape index (κ1) is 20.4. The van der Waals surface area contributed by atoms with Crippen LogP contribution in [0.4, 0.5) is 5.69 Å². The molecule has 0 unspecified atom stereocenters. The molecule has 0 spiro atoms. The Balaban J connectivity index is 1.83. The van der Waals surface area contributed by atoms with Gasteiger partial charge in [-0.3, -0.25) is 4.79 Å². The summed E-state index contributed by atoms with van der Waals surface area (Å²) in [6.07, 6.45) is 0.920. The minimum absolute atomic E-state index is 0.107. The molecule has 3 nitrogen and oxygen atoms in total. The molecule has 0 aliphatic carbocycles. The Kier molecular flexibility index (Phi) is 7.44. The molecule has 0 aliphatic heterocycles. The van der Waals surface area contributed by atoms with Gasteiger partial charge in [-0.2, -0.15) is 0 Å². The second kappa shape index (κ2) is 9.13. The molecule has 0 fully saturated rings. The number of halogens is 4. The van der Waals surface area contributed by atoms with Crippen LogP contribution in [-0.4, -0.2) is 12.5 Å². The summed E-state index contributed by atoms with van der Waals surface area (Å²) in [7, 11) is 0. The van der Waals surface area contributed by atoms with E-state index in [1.54, 1.807) is 18.2 Å².